The van der Waals surface area contributed by atoms with Crippen LogP contribution in [-0.2, 0) is 11.2 Å². The molecule has 1 aromatic heterocycles. The van der Waals surface area contributed by atoms with E-state index in [1.807, 2.05) is 30.0 Å². The van der Waals surface area contributed by atoms with Crippen LogP contribution in [0, 0.1) is 0 Å². The molecule has 3 rings (SSSR count). The zero-order chi connectivity index (χ0) is 13.4. The number of benzene rings is 1. The summed E-state index contributed by atoms with van der Waals surface area (Å²) in [4.78, 5) is 15.7. The minimum Gasteiger partial charge on any atom is -0.312 e. The first kappa shape index (κ1) is 12.9. The molecule has 1 aliphatic heterocycles. The first-order chi connectivity index (χ1) is 9.20. The lowest BCUT2D eigenvalue weighted by atomic mass is 9.97. The molecule has 0 bridgehead atoms. The lowest BCUT2D eigenvalue weighted by molar-refractivity contribution is -0.119. The van der Waals surface area contributed by atoms with Crippen LogP contribution in [0.1, 0.15) is 23.3 Å². The minimum atomic E-state index is -0.0360. The monoisotopic (exact) mass is 335 g/mol. The Kier molecular flexibility index (Phi) is 3.46. The molecule has 2 nitrogen and oxygen atoms in total. The number of hydrogen-bond donors (Lipinski definition) is 0. The maximum atomic E-state index is 12.5. The normalized spacial score (nSPS) is 17.9. The van der Waals surface area contributed by atoms with Crippen molar-refractivity contribution in [2.75, 3.05) is 11.4 Å². The van der Waals surface area contributed by atoms with E-state index in [1.165, 1.54) is 4.88 Å². The van der Waals surface area contributed by atoms with Crippen molar-refractivity contribution in [2.24, 2.45) is 0 Å². The van der Waals surface area contributed by atoms with Crippen LogP contribution >= 0.6 is 27.3 Å². The van der Waals surface area contributed by atoms with Gasteiger partial charge in [-0.2, -0.15) is 0 Å². The summed E-state index contributed by atoms with van der Waals surface area (Å²) in [6.07, 6.45) is 0.802. The molecular formula is C15H14BrNOS. The molecule has 98 valence electrons. The quantitative estimate of drug-likeness (QED) is 0.822. The number of fused-ring (bicyclic) bond motifs is 1. The van der Waals surface area contributed by atoms with Gasteiger partial charge in [0.1, 0.15) is 0 Å². The molecule has 1 atom stereocenters. The van der Waals surface area contributed by atoms with Crippen LogP contribution in [0.2, 0.25) is 0 Å². The van der Waals surface area contributed by atoms with Crippen LogP contribution in [0.15, 0.2) is 40.2 Å². The van der Waals surface area contributed by atoms with E-state index in [0.29, 0.717) is 0 Å². The fraction of sp³-hybridized carbons (Fsp3) is 0.267. The Morgan fingerprint density at radius 2 is 2.21 bits per heavy atom. The predicted octanol–water partition coefficient (Wildman–Crippen LogP) is 4.20. The standard InChI is InChI=1S/C15H14BrNOS/c1-2-17-14-6-5-10(16)8-12(14)13(15(17)18)9-11-4-3-7-19-11/h3-8,13H,2,9H2,1H3/t13-/m1/s1. The molecule has 0 aliphatic carbocycles. The highest BCUT2D eigenvalue weighted by Crippen LogP contribution is 2.40. The number of amides is 1. The Labute approximate surface area is 125 Å². The topological polar surface area (TPSA) is 20.3 Å². The summed E-state index contributed by atoms with van der Waals surface area (Å²) in [5.74, 6) is 0.190. The highest BCUT2D eigenvalue weighted by Gasteiger charge is 2.36. The Morgan fingerprint density at radius 3 is 2.89 bits per heavy atom. The summed E-state index contributed by atoms with van der Waals surface area (Å²) in [7, 11) is 0. The molecule has 0 unspecified atom stereocenters. The first-order valence-electron chi connectivity index (χ1n) is 6.34. The van der Waals surface area contributed by atoms with Crippen molar-refractivity contribution in [3.63, 3.8) is 0 Å². The summed E-state index contributed by atoms with van der Waals surface area (Å²) in [5, 5.41) is 2.06. The molecule has 0 spiro atoms. The van der Waals surface area contributed by atoms with E-state index in [0.717, 1.165) is 28.7 Å². The van der Waals surface area contributed by atoms with Gasteiger partial charge in [-0.25, -0.2) is 0 Å². The molecule has 0 fully saturated rings. The number of nitrogens with zero attached hydrogens (tertiary/aromatic N) is 1. The highest BCUT2D eigenvalue weighted by atomic mass is 79.9. The molecule has 0 radical (unpaired) electrons. The van der Waals surface area contributed by atoms with E-state index in [2.05, 4.69) is 33.4 Å². The summed E-state index contributed by atoms with van der Waals surface area (Å²) in [6.45, 7) is 2.76. The Morgan fingerprint density at radius 1 is 1.37 bits per heavy atom. The lowest BCUT2D eigenvalue weighted by Gasteiger charge is -2.15. The number of halogens is 1. The summed E-state index contributed by atoms with van der Waals surface area (Å²) in [5.41, 5.74) is 2.21. The molecule has 0 saturated carbocycles. The average Bonchev–Trinajstić information content (AvgIpc) is 2.98. The largest absolute Gasteiger partial charge is 0.312 e. The number of carbonyl (C=O) groups is 1. The zero-order valence-corrected chi connectivity index (χ0v) is 13.0. The van der Waals surface area contributed by atoms with Gasteiger partial charge in [0.2, 0.25) is 5.91 Å². The molecule has 1 amide bonds. The van der Waals surface area contributed by atoms with Crippen molar-refractivity contribution in [1.82, 2.24) is 0 Å². The second-order valence-corrected chi connectivity index (χ2v) is 6.57. The molecule has 1 aliphatic rings. The lowest BCUT2D eigenvalue weighted by Crippen LogP contribution is -2.28. The second-order valence-electron chi connectivity index (χ2n) is 4.62. The van der Waals surface area contributed by atoms with Gasteiger partial charge in [0.15, 0.2) is 0 Å². The Bertz CT molecular complexity index is 609. The Hall–Kier alpha value is -1.13. The fourth-order valence-electron chi connectivity index (χ4n) is 2.64. The van der Waals surface area contributed by atoms with E-state index >= 15 is 0 Å². The first-order valence-corrected chi connectivity index (χ1v) is 8.01. The van der Waals surface area contributed by atoms with Gasteiger partial charge in [0.25, 0.3) is 0 Å². The molecule has 19 heavy (non-hydrogen) atoms. The van der Waals surface area contributed by atoms with Crippen LogP contribution in [-0.4, -0.2) is 12.5 Å². The summed E-state index contributed by atoms with van der Waals surface area (Å²) >= 11 is 5.22. The zero-order valence-electron chi connectivity index (χ0n) is 10.6. The third-order valence-corrected chi connectivity index (χ3v) is 4.91. The number of thiophene rings is 1. The van der Waals surface area contributed by atoms with Gasteiger partial charge in [-0.1, -0.05) is 22.0 Å². The van der Waals surface area contributed by atoms with Crippen molar-refractivity contribution >= 4 is 38.9 Å². The number of carbonyl (C=O) groups excluding carboxylic acids is 1. The van der Waals surface area contributed by atoms with Gasteiger partial charge in [-0.3, -0.25) is 4.79 Å². The van der Waals surface area contributed by atoms with Crippen LogP contribution in [0.25, 0.3) is 0 Å². The van der Waals surface area contributed by atoms with Crippen molar-refractivity contribution < 1.29 is 4.79 Å². The van der Waals surface area contributed by atoms with Crippen LogP contribution in [0.3, 0.4) is 0 Å². The Balaban J connectivity index is 2.01. The number of anilines is 1. The van der Waals surface area contributed by atoms with Gasteiger partial charge in [-0.05, 0) is 48.6 Å². The van der Waals surface area contributed by atoms with Crippen LogP contribution in [0.4, 0.5) is 5.69 Å². The number of rotatable bonds is 3. The smallest absolute Gasteiger partial charge is 0.234 e. The van der Waals surface area contributed by atoms with Crippen LogP contribution in [0.5, 0.6) is 0 Å². The second kappa shape index (κ2) is 5.10. The maximum Gasteiger partial charge on any atom is 0.234 e. The van der Waals surface area contributed by atoms with E-state index in [-0.39, 0.29) is 11.8 Å². The maximum absolute atomic E-state index is 12.5. The average molecular weight is 336 g/mol. The van der Waals surface area contributed by atoms with E-state index in [4.69, 9.17) is 0 Å². The molecular weight excluding hydrogens is 322 g/mol. The van der Waals surface area contributed by atoms with E-state index in [1.54, 1.807) is 11.3 Å². The summed E-state index contributed by atoms with van der Waals surface area (Å²) in [6, 6.07) is 10.3. The fourth-order valence-corrected chi connectivity index (χ4v) is 3.77. The van der Waals surface area contributed by atoms with Gasteiger partial charge in [0, 0.05) is 21.6 Å². The SMILES string of the molecule is CCN1C(=O)[C@H](Cc2cccs2)c2cc(Br)ccc21. The van der Waals surface area contributed by atoms with Gasteiger partial charge < -0.3 is 4.90 Å². The summed E-state index contributed by atoms with van der Waals surface area (Å²) < 4.78 is 1.04. The van der Waals surface area contributed by atoms with Crippen molar-refractivity contribution in [3.8, 4) is 0 Å². The van der Waals surface area contributed by atoms with Gasteiger partial charge in [-0.15, -0.1) is 11.3 Å². The van der Waals surface area contributed by atoms with Crippen LogP contribution < -0.4 is 4.90 Å². The minimum absolute atomic E-state index is 0.0360. The molecule has 0 N–H and O–H groups in total. The predicted molar refractivity (Wildman–Crippen MR) is 82.9 cm³/mol. The number of hydrogen-bond acceptors (Lipinski definition) is 2. The van der Waals surface area contributed by atoms with E-state index < -0.39 is 0 Å². The van der Waals surface area contributed by atoms with Gasteiger partial charge in [0.05, 0.1) is 5.92 Å². The number of likely N-dealkylation sites (N-methyl/N-ethyl adjacent to an activating group) is 1. The third kappa shape index (κ3) is 2.23. The van der Waals surface area contributed by atoms with E-state index in [9.17, 15) is 4.79 Å². The third-order valence-electron chi connectivity index (χ3n) is 3.52. The molecule has 0 saturated heterocycles. The molecule has 1 aromatic carbocycles. The highest BCUT2D eigenvalue weighted by molar-refractivity contribution is 9.10. The van der Waals surface area contributed by atoms with Crippen molar-refractivity contribution in [3.05, 3.63) is 50.6 Å². The molecule has 2 heterocycles. The van der Waals surface area contributed by atoms with Crippen molar-refractivity contribution in [2.45, 2.75) is 19.3 Å². The molecule has 4 heteroatoms. The van der Waals surface area contributed by atoms with Gasteiger partial charge >= 0.3 is 0 Å². The van der Waals surface area contributed by atoms with Crippen molar-refractivity contribution in [1.29, 1.82) is 0 Å². The molecule has 2 aromatic rings.